The number of ether oxygens (including phenoxy) is 1. The van der Waals surface area contributed by atoms with E-state index in [0.29, 0.717) is 0 Å². The van der Waals surface area contributed by atoms with Gasteiger partial charge in [0.1, 0.15) is 0 Å². The second-order valence-corrected chi connectivity index (χ2v) is 3.39. The van der Waals surface area contributed by atoms with E-state index in [0.717, 1.165) is 0 Å². The Hall–Kier alpha value is -0.810. The molecule has 3 N–H and O–H groups in total. The highest BCUT2D eigenvalue weighted by molar-refractivity contribution is 5.85. The first-order valence-electron chi connectivity index (χ1n) is 4.59. The fourth-order valence-corrected chi connectivity index (χ4v) is 0.810. The molecule has 0 heterocycles. The zero-order valence-corrected chi connectivity index (χ0v) is 10.1. The van der Waals surface area contributed by atoms with E-state index in [1.54, 1.807) is 0 Å². The molecule has 5 nitrogen and oxygen atoms in total. The number of hydrogen-bond acceptors (Lipinski definition) is 4. The number of halogens is 1. The van der Waals surface area contributed by atoms with E-state index in [2.05, 4.69) is 10.1 Å². The Bertz CT molecular complexity index is 210. The van der Waals surface area contributed by atoms with Crippen LogP contribution in [0.15, 0.2) is 0 Å². The van der Waals surface area contributed by atoms with Gasteiger partial charge in [0, 0.05) is 6.54 Å². The predicted octanol–water partition coefficient (Wildman–Crippen LogP) is 0.0708. The smallest absolute Gasteiger partial charge is 0.307 e. The molecule has 0 bridgehead atoms. The summed E-state index contributed by atoms with van der Waals surface area (Å²) >= 11 is 0. The van der Waals surface area contributed by atoms with Crippen molar-refractivity contribution in [3.8, 4) is 0 Å². The molecule has 15 heavy (non-hydrogen) atoms. The highest BCUT2D eigenvalue weighted by atomic mass is 35.5. The second kappa shape index (κ2) is 8.49. The molecule has 0 radical (unpaired) electrons. The minimum Gasteiger partial charge on any atom is -0.469 e. The maximum Gasteiger partial charge on any atom is 0.307 e. The Labute approximate surface area is 96.1 Å². The monoisotopic (exact) mass is 238 g/mol. The van der Waals surface area contributed by atoms with Gasteiger partial charge in [-0.25, -0.2) is 0 Å². The number of methoxy groups -OCH3 is 1. The normalized spacial score (nSPS) is 11.5. The quantitative estimate of drug-likeness (QED) is 0.665. The van der Waals surface area contributed by atoms with Crippen molar-refractivity contribution in [3.63, 3.8) is 0 Å². The third kappa shape index (κ3) is 7.16. The van der Waals surface area contributed by atoms with Crippen molar-refractivity contribution < 1.29 is 14.3 Å². The van der Waals surface area contributed by atoms with Crippen LogP contribution in [0.5, 0.6) is 0 Å². The van der Waals surface area contributed by atoms with Crippen molar-refractivity contribution in [1.29, 1.82) is 0 Å². The molecule has 0 aromatic carbocycles. The van der Waals surface area contributed by atoms with E-state index in [4.69, 9.17) is 5.73 Å². The maximum atomic E-state index is 11.3. The Morgan fingerprint density at radius 1 is 1.40 bits per heavy atom. The fraction of sp³-hybridized carbons (Fsp3) is 0.778. The van der Waals surface area contributed by atoms with Crippen molar-refractivity contribution >= 4 is 24.3 Å². The minimum atomic E-state index is -0.521. The highest BCUT2D eigenvalue weighted by Gasteiger charge is 2.16. The summed E-state index contributed by atoms with van der Waals surface area (Å²) in [7, 11) is 1.31. The van der Waals surface area contributed by atoms with E-state index >= 15 is 0 Å². The number of esters is 1. The lowest BCUT2D eigenvalue weighted by molar-refractivity contribution is -0.140. The van der Waals surface area contributed by atoms with Crippen LogP contribution in [0.25, 0.3) is 0 Å². The molecular formula is C9H19ClN2O3. The molecule has 0 aliphatic rings. The van der Waals surface area contributed by atoms with E-state index in [1.807, 2.05) is 13.8 Å². The summed E-state index contributed by atoms with van der Waals surface area (Å²) < 4.78 is 4.42. The first-order chi connectivity index (χ1) is 6.49. The molecule has 0 spiro atoms. The van der Waals surface area contributed by atoms with Crippen molar-refractivity contribution in [3.05, 3.63) is 0 Å². The number of rotatable bonds is 5. The van der Waals surface area contributed by atoms with Crippen LogP contribution in [-0.4, -0.2) is 31.6 Å². The lowest BCUT2D eigenvalue weighted by atomic mass is 10.1. The zero-order chi connectivity index (χ0) is 11.1. The van der Waals surface area contributed by atoms with Crippen LogP contribution in [0.1, 0.15) is 20.3 Å². The van der Waals surface area contributed by atoms with Crippen LogP contribution in [0.2, 0.25) is 0 Å². The summed E-state index contributed by atoms with van der Waals surface area (Å²) in [6.07, 6.45) is 0.174. The van der Waals surface area contributed by atoms with Gasteiger partial charge in [0.2, 0.25) is 5.91 Å². The maximum absolute atomic E-state index is 11.3. The van der Waals surface area contributed by atoms with Crippen molar-refractivity contribution in [2.24, 2.45) is 11.7 Å². The van der Waals surface area contributed by atoms with Crippen LogP contribution in [-0.2, 0) is 14.3 Å². The Kier molecular flexibility index (Phi) is 9.41. The Morgan fingerprint density at radius 3 is 2.33 bits per heavy atom. The lowest BCUT2D eigenvalue weighted by Crippen LogP contribution is -2.44. The average Bonchev–Trinajstić information content (AvgIpc) is 2.15. The van der Waals surface area contributed by atoms with E-state index < -0.39 is 6.04 Å². The number of carbonyl (C=O) groups excluding carboxylic acids is 2. The molecule has 0 saturated heterocycles. The van der Waals surface area contributed by atoms with E-state index in [9.17, 15) is 9.59 Å². The summed E-state index contributed by atoms with van der Waals surface area (Å²) in [4.78, 5) is 22.0. The zero-order valence-electron chi connectivity index (χ0n) is 9.28. The summed E-state index contributed by atoms with van der Waals surface area (Å²) in [5.74, 6) is -0.486. The Balaban J connectivity index is 0. The molecule has 1 amide bonds. The van der Waals surface area contributed by atoms with Crippen molar-refractivity contribution in [1.82, 2.24) is 5.32 Å². The third-order valence-electron chi connectivity index (χ3n) is 1.88. The molecule has 0 rings (SSSR count). The van der Waals surface area contributed by atoms with Gasteiger partial charge in [0.15, 0.2) is 0 Å². The largest absolute Gasteiger partial charge is 0.469 e. The first kappa shape index (κ1) is 16.6. The van der Waals surface area contributed by atoms with Crippen molar-refractivity contribution in [2.75, 3.05) is 13.7 Å². The second-order valence-electron chi connectivity index (χ2n) is 3.39. The molecule has 0 fully saturated rings. The summed E-state index contributed by atoms with van der Waals surface area (Å²) in [6.45, 7) is 4.00. The summed E-state index contributed by atoms with van der Waals surface area (Å²) in [6, 6.07) is -0.521. The van der Waals surface area contributed by atoms with Crippen LogP contribution < -0.4 is 11.1 Å². The molecule has 0 aliphatic heterocycles. The first-order valence-corrected chi connectivity index (χ1v) is 4.59. The molecule has 90 valence electrons. The molecule has 0 aromatic heterocycles. The van der Waals surface area contributed by atoms with Gasteiger partial charge in [0.05, 0.1) is 19.6 Å². The number of nitrogens with one attached hydrogen (secondary N) is 1. The summed E-state index contributed by atoms with van der Waals surface area (Å²) in [5, 5.41) is 2.56. The van der Waals surface area contributed by atoms with Gasteiger partial charge in [-0.15, -0.1) is 12.4 Å². The van der Waals surface area contributed by atoms with Gasteiger partial charge in [-0.3, -0.25) is 9.59 Å². The molecular weight excluding hydrogens is 220 g/mol. The number of amides is 1. The number of hydrogen-bond donors (Lipinski definition) is 2. The molecule has 1 atom stereocenters. The van der Waals surface area contributed by atoms with Crippen LogP contribution >= 0.6 is 12.4 Å². The van der Waals surface area contributed by atoms with Crippen LogP contribution in [0.4, 0.5) is 0 Å². The van der Waals surface area contributed by atoms with Gasteiger partial charge >= 0.3 is 5.97 Å². The number of nitrogens with two attached hydrogens (primary N) is 1. The van der Waals surface area contributed by atoms with Crippen LogP contribution in [0.3, 0.4) is 0 Å². The van der Waals surface area contributed by atoms with Crippen LogP contribution in [0, 0.1) is 5.92 Å². The van der Waals surface area contributed by atoms with Gasteiger partial charge in [-0.2, -0.15) is 0 Å². The molecule has 0 aliphatic carbocycles. The topological polar surface area (TPSA) is 81.4 Å². The fourth-order valence-electron chi connectivity index (χ4n) is 0.810. The third-order valence-corrected chi connectivity index (χ3v) is 1.88. The minimum absolute atomic E-state index is 0. The molecule has 0 aromatic rings. The standard InChI is InChI=1S/C9H18N2O3.ClH/c1-6(2)8(10)9(13)11-5-4-7(12)14-3;/h6,8H,4-5,10H2,1-3H3,(H,11,13);1H/t8-;/m0./s1. The van der Waals surface area contributed by atoms with Gasteiger partial charge < -0.3 is 15.8 Å². The van der Waals surface area contributed by atoms with Gasteiger partial charge in [-0.05, 0) is 5.92 Å². The average molecular weight is 239 g/mol. The lowest BCUT2D eigenvalue weighted by Gasteiger charge is -2.14. The highest BCUT2D eigenvalue weighted by Crippen LogP contribution is 1.97. The van der Waals surface area contributed by atoms with Gasteiger partial charge in [0.25, 0.3) is 0 Å². The van der Waals surface area contributed by atoms with Crippen molar-refractivity contribution in [2.45, 2.75) is 26.3 Å². The predicted molar refractivity (Wildman–Crippen MR) is 59.7 cm³/mol. The Morgan fingerprint density at radius 2 is 1.93 bits per heavy atom. The molecule has 6 heteroatoms. The van der Waals surface area contributed by atoms with Gasteiger partial charge in [-0.1, -0.05) is 13.8 Å². The SMILES string of the molecule is COC(=O)CCNC(=O)[C@@H](N)C(C)C.Cl. The summed E-state index contributed by atoms with van der Waals surface area (Å²) in [5.41, 5.74) is 5.58. The molecule has 0 unspecified atom stereocenters. The molecule has 0 saturated carbocycles. The number of carbonyl (C=O) groups is 2. The van der Waals surface area contributed by atoms with E-state index in [1.165, 1.54) is 7.11 Å². The van der Waals surface area contributed by atoms with E-state index in [-0.39, 0.29) is 43.2 Å².